The van der Waals surface area contributed by atoms with Crippen LogP contribution in [0.3, 0.4) is 0 Å². The van der Waals surface area contributed by atoms with Crippen molar-refractivity contribution >= 4 is 11.9 Å². The predicted molar refractivity (Wildman–Crippen MR) is 107 cm³/mol. The number of nitrogens with one attached hydrogen (secondary N) is 2. The molecule has 3 amide bonds. The topological polar surface area (TPSA) is 79.9 Å². The number of imide groups is 1. The summed E-state index contributed by atoms with van der Waals surface area (Å²) in [6.45, 7) is -0.780. The van der Waals surface area contributed by atoms with E-state index in [2.05, 4.69) is 15.4 Å². The molecule has 0 fully saturated rings. The van der Waals surface area contributed by atoms with E-state index in [1.807, 2.05) is 30.3 Å². The number of likely N-dealkylation sites (N-methyl/N-ethyl adjacent to an activating group) is 1. The standard InChI is InChI=1S/C21H25F2N3O4/c1-14(19(27)25-21(28)24-12-15-7-5-4-6-8-15)26(2)13-16-9-10-17(29-3)18(11-16)30-20(22)23/h4-11,14,20H,12-13H2,1-3H3,(H2,24,25,27,28). The second kappa shape index (κ2) is 11.1. The third-order valence-corrected chi connectivity index (χ3v) is 4.45. The van der Waals surface area contributed by atoms with Crippen LogP contribution in [0, 0.1) is 0 Å². The number of methoxy groups -OCH3 is 1. The summed E-state index contributed by atoms with van der Waals surface area (Å²) in [7, 11) is 3.04. The Morgan fingerprint density at radius 1 is 1.07 bits per heavy atom. The van der Waals surface area contributed by atoms with Crippen molar-refractivity contribution in [2.75, 3.05) is 14.2 Å². The van der Waals surface area contributed by atoms with Crippen LogP contribution in [0.5, 0.6) is 11.5 Å². The van der Waals surface area contributed by atoms with Gasteiger partial charge in [0, 0.05) is 13.1 Å². The Hall–Kier alpha value is -3.20. The number of rotatable bonds is 9. The highest BCUT2D eigenvalue weighted by atomic mass is 19.3. The van der Waals surface area contributed by atoms with Gasteiger partial charge in [-0.05, 0) is 37.2 Å². The number of amides is 3. The summed E-state index contributed by atoms with van der Waals surface area (Å²) in [5, 5.41) is 4.92. The fraction of sp³-hybridized carbons (Fsp3) is 0.333. The zero-order chi connectivity index (χ0) is 22.1. The van der Waals surface area contributed by atoms with Crippen molar-refractivity contribution < 1.29 is 27.8 Å². The molecule has 2 rings (SSSR count). The van der Waals surface area contributed by atoms with Gasteiger partial charge in [0.05, 0.1) is 13.2 Å². The van der Waals surface area contributed by atoms with Gasteiger partial charge >= 0.3 is 12.6 Å². The molecule has 0 aromatic heterocycles. The molecule has 0 saturated heterocycles. The second-order valence-electron chi connectivity index (χ2n) is 6.61. The maximum Gasteiger partial charge on any atom is 0.387 e. The molecule has 0 aliphatic carbocycles. The van der Waals surface area contributed by atoms with Gasteiger partial charge in [-0.1, -0.05) is 36.4 Å². The van der Waals surface area contributed by atoms with Crippen LogP contribution in [0.15, 0.2) is 48.5 Å². The highest BCUT2D eigenvalue weighted by Crippen LogP contribution is 2.30. The number of benzene rings is 2. The molecule has 0 radical (unpaired) electrons. The third kappa shape index (κ3) is 7.00. The molecule has 162 valence electrons. The zero-order valence-electron chi connectivity index (χ0n) is 17.0. The molecule has 7 nitrogen and oxygen atoms in total. The smallest absolute Gasteiger partial charge is 0.387 e. The van der Waals surface area contributed by atoms with Crippen molar-refractivity contribution in [3.63, 3.8) is 0 Å². The molecule has 0 heterocycles. The van der Waals surface area contributed by atoms with E-state index >= 15 is 0 Å². The molecule has 1 atom stereocenters. The van der Waals surface area contributed by atoms with Crippen LogP contribution in [-0.4, -0.2) is 43.6 Å². The highest BCUT2D eigenvalue weighted by molar-refractivity contribution is 5.96. The number of carbonyl (C=O) groups excluding carboxylic acids is 2. The van der Waals surface area contributed by atoms with Gasteiger partial charge in [-0.2, -0.15) is 8.78 Å². The monoisotopic (exact) mass is 421 g/mol. The van der Waals surface area contributed by atoms with Crippen molar-refractivity contribution in [3.05, 3.63) is 59.7 Å². The van der Waals surface area contributed by atoms with Crippen LogP contribution in [0.25, 0.3) is 0 Å². The van der Waals surface area contributed by atoms with Gasteiger partial charge < -0.3 is 14.8 Å². The van der Waals surface area contributed by atoms with E-state index in [0.29, 0.717) is 12.1 Å². The number of halogens is 2. The first kappa shape index (κ1) is 23.1. The Balaban J connectivity index is 1.90. The first-order valence-corrected chi connectivity index (χ1v) is 9.24. The first-order valence-electron chi connectivity index (χ1n) is 9.24. The van der Waals surface area contributed by atoms with Crippen molar-refractivity contribution in [1.29, 1.82) is 0 Å². The molecule has 0 saturated carbocycles. The number of nitrogens with zero attached hydrogens (tertiary/aromatic N) is 1. The third-order valence-electron chi connectivity index (χ3n) is 4.45. The first-order chi connectivity index (χ1) is 14.3. The summed E-state index contributed by atoms with van der Waals surface area (Å²) < 4.78 is 34.6. The molecule has 0 spiro atoms. The van der Waals surface area contributed by atoms with E-state index < -0.39 is 24.6 Å². The minimum atomic E-state index is -2.98. The molecule has 30 heavy (non-hydrogen) atoms. The van der Waals surface area contributed by atoms with E-state index in [-0.39, 0.29) is 18.0 Å². The van der Waals surface area contributed by atoms with Crippen molar-refractivity contribution in [2.24, 2.45) is 0 Å². The minimum Gasteiger partial charge on any atom is -0.493 e. The van der Waals surface area contributed by atoms with E-state index in [9.17, 15) is 18.4 Å². The fourth-order valence-corrected chi connectivity index (χ4v) is 2.67. The van der Waals surface area contributed by atoms with Crippen LogP contribution in [0.4, 0.5) is 13.6 Å². The molecule has 2 aromatic carbocycles. The highest BCUT2D eigenvalue weighted by Gasteiger charge is 2.21. The molecule has 1 unspecified atom stereocenters. The van der Waals surface area contributed by atoms with E-state index in [1.165, 1.54) is 19.2 Å². The van der Waals surface area contributed by atoms with Gasteiger partial charge in [0.2, 0.25) is 5.91 Å². The summed E-state index contributed by atoms with van der Waals surface area (Å²) in [4.78, 5) is 26.0. The SMILES string of the molecule is COc1ccc(CN(C)C(C)C(=O)NC(=O)NCc2ccccc2)cc1OC(F)F. The van der Waals surface area contributed by atoms with Crippen molar-refractivity contribution in [1.82, 2.24) is 15.5 Å². The van der Waals surface area contributed by atoms with Crippen LogP contribution < -0.4 is 20.1 Å². The maximum atomic E-state index is 12.6. The van der Waals surface area contributed by atoms with Crippen molar-refractivity contribution in [2.45, 2.75) is 32.7 Å². The maximum absolute atomic E-state index is 12.6. The molecular weight excluding hydrogens is 396 g/mol. The number of ether oxygens (including phenoxy) is 2. The average molecular weight is 421 g/mol. The summed E-state index contributed by atoms with van der Waals surface area (Å²) in [6.07, 6.45) is 0. The van der Waals surface area contributed by atoms with Gasteiger partial charge in [-0.3, -0.25) is 15.0 Å². The molecule has 0 bridgehead atoms. The lowest BCUT2D eigenvalue weighted by Gasteiger charge is -2.24. The van der Waals surface area contributed by atoms with Gasteiger partial charge in [-0.15, -0.1) is 0 Å². The van der Waals surface area contributed by atoms with E-state index in [4.69, 9.17) is 4.74 Å². The molecule has 2 aromatic rings. The summed E-state index contributed by atoms with van der Waals surface area (Å²) in [5.41, 5.74) is 1.55. The number of carbonyl (C=O) groups is 2. The normalized spacial score (nSPS) is 11.8. The van der Waals surface area contributed by atoms with Crippen molar-refractivity contribution in [3.8, 4) is 11.5 Å². The van der Waals surface area contributed by atoms with Gasteiger partial charge in [0.25, 0.3) is 0 Å². The summed E-state index contributed by atoms with van der Waals surface area (Å²) in [5.74, 6) is -0.390. The number of hydrogen-bond acceptors (Lipinski definition) is 5. The zero-order valence-corrected chi connectivity index (χ0v) is 17.0. The van der Waals surface area contributed by atoms with Gasteiger partial charge in [0.15, 0.2) is 11.5 Å². The van der Waals surface area contributed by atoms with Crippen LogP contribution >= 0.6 is 0 Å². The molecular formula is C21H25F2N3O4. The van der Waals surface area contributed by atoms with Gasteiger partial charge in [0.1, 0.15) is 0 Å². The second-order valence-corrected chi connectivity index (χ2v) is 6.61. The Morgan fingerprint density at radius 2 is 1.77 bits per heavy atom. The largest absolute Gasteiger partial charge is 0.493 e. The molecule has 9 heteroatoms. The predicted octanol–water partition coefficient (Wildman–Crippen LogP) is 3.14. The number of hydrogen-bond donors (Lipinski definition) is 2. The lowest BCUT2D eigenvalue weighted by atomic mass is 10.1. The Kier molecular flexibility index (Phi) is 8.54. The Morgan fingerprint density at radius 3 is 2.40 bits per heavy atom. The molecule has 0 aliphatic rings. The fourth-order valence-electron chi connectivity index (χ4n) is 2.67. The van der Waals surface area contributed by atoms with E-state index in [1.54, 1.807) is 24.9 Å². The number of alkyl halides is 2. The van der Waals surface area contributed by atoms with Crippen LogP contribution in [0.2, 0.25) is 0 Å². The quantitative estimate of drug-likeness (QED) is 0.650. The lowest BCUT2D eigenvalue weighted by Crippen LogP contribution is -2.48. The molecule has 2 N–H and O–H groups in total. The Bertz CT molecular complexity index is 849. The van der Waals surface area contributed by atoms with Gasteiger partial charge in [-0.25, -0.2) is 4.79 Å². The minimum absolute atomic E-state index is 0.0872. The average Bonchev–Trinajstić information content (AvgIpc) is 2.72. The summed E-state index contributed by atoms with van der Waals surface area (Å²) in [6, 6.07) is 12.7. The summed E-state index contributed by atoms with van der Waals surface area (Å²) >= 11 is 0. The molecule has 0 aliphatic heterocycles. The van der Waals surface area contributed by atoms with Crippen LogP contribution in [-0.2, 0) is 17.9 Å². The lowest BCUT2D eigenvalue weighted by molar-refractivity contribution is -0.124. The Labute approximate surface area is 174 Å². The number of urea groups is 1. The van der Waals surface area contributed by atoms with E-state index in [0.717, 1.165) is 5.56 Å². The van der Waals surface area contributed by atoms with Crippen LogP contribution in [0.1, 0.15) is 18.1 Å².